The molecule has 0 bridgehead atoms. The van der Waals surface area contributed by atoms with Crippen LogP contribution in [0.25, 0.3) is 10.2 Å². The van der Waals surface area contributed by atoms with Crippen molar-refractivity contribution >= 4 is 37.5 Å². The van der Waals surface area contributed by atoms with Crippen molar-refractivity contribution in [1.82, 2.24) is 9.66 Å². The highest BCUT2D eigenvalue weighted by Crippen LogP contribution is 2.17. The molecule has 6 heteroatoms. The maximum atomic E-state index is 12.1. The minimum atomic E-state index is -0.190. The number of hydrogen-bond donors (Lipinski definition) is 1. The van der Waals surface area contributed by atoms with Crippen LogP contribution in [-0.2, 0) is 6.42 Å². The second-order valence-corrected chi connectivity index (χ2v) is 5.98. The fourth-order valence-electron chi connectivity index (χ4n) is 1.92. The molecule has 0 aliphatic carbocycles. The second kappa shape index (κ2) is 4.79. The molecule has 0 aliphatic heterocycles. The highest BCUT2D eigenvalue weighted by molar-refractivity contribution is 9.10. The molecule has 0 unspecified atom stereocenters. The zero-order valence-electron chi connectivity index (χ0n) is 9.84. The molecule has 1 aromatic carbocycles. The van der Waals surface area contributed by atoms with Crippen LogP contribution in [0, 0.1) is 0 Å². The van der Waals surface area contributed by atoms with Crippen LogP contribution < -0.4 is 11.4 Å². The standard InChI is InChI=1S/C13H10BrN3OS/c14-9-3-1-2-8(6-9)7-11-16-10-4-5-19-12(10)13(18)17(11)15/h1-6H,7,15H2. The van der Waals surface area contributed by atoms with Gasteiger partial charge in [0.1, 0.15) is 10.5 Å². The molecule has 2 N–H and O–H groups in total. The molecule has 2 aromatic heterocycles. The van der Waals surface area contributed by atoms with E-state index in [0.717, 1.165) is 14.7 Å². The van der Waals surface area contributed by atoms with E-state index < -0.39 is 0 Å². The van der Waals surface area contributed by atoms with E-state index in [1.807, 2.05) is 35.7 Å². The van der Waals surface area contributed by atoms with E-state index in [9.17, 15) is 4.79 Å². The van der Waals surface area contributed by atoms with Crippen LogP contribution in [0.15, 0.2) is 45.0 Å². The lowest BCUT2D eigenvalue weighted by molar-refractivity contribution is 0.816. The summed E-state index contributed by atoms with van der Waals surface area (Å²) < 4.78 is 2.73. The number of fused-ring (bicyclic) bond motifs is 1. The lowest BCUT2D eigenvalue weighted by Gasteiger charge is -2.07. The molecule has 96 valence electrons. The van der Waals surface area contributed by atoms with Gasteiger partial charge in [0, 0.05) is 10.9 Å². The van der Waals surface area contributed by atoms with Gasteiger partial charge >= 0.3 is 0 Å². The number of aromatic nitrogens is 2. The summed E-state index contributed by atoms with van der Waals surface area (Å²) in [4.78, 5) is 16.5. The molecular formula is C13H10BrN3OS. The predicted octanol–water partition coefficient (Wildman–Crippen LogP) is 2.53. The smallest absolute Gasteiger partial charge is 0.289 e. The van der Waals surface area contributed by atoms with Crippen molar-refractivity contribution in [3.05, 3.63) is 61.9 Å². The summed E-state index contributed by atoms with van der Waals surface area (Å²) in [5.41, 5.74) is 1.57. The van der Waals surface area contributed by atoms with E-state index in [4.69, 9.17) is 5.84 Å². The van der Waals surface area contributed by atoms with E-state index in [1.54, 1.807) is 0 Å². The molecule has 19 heavy (non-hydrogen) atoms. The third kappa shape index (κ3) is 2.29. The molecule has 2 heterocycles. The van der Waals surface area contributed by atoms with E-state index in [-0.39, 0.29) is 5.56 Å². The van der Waals surface area contributed by atoms with Gasteiger partial charge in [0.05, 0.1) is 5.52 Å². The minimum Gasteiger partial charge on any atom is -0.335 e. The Morgan fingerprint density at radius 2 is 2.21 bits per heavy atom. The normalized spacial score (nSPS) is 11.0. The lowest BCUT2D eigenvalue weighted by Crippen LogP contribution is -2.31. The maximum absolute atomic E-state index is 12.1. The van der Waals surface area contributed by atoms with Gasteiger partial charge in [-0.15, -0.1) is 11.3 Å². The van der Waals surface area contributed by atoms with E-state index >= 15 is 0 Å². The number of nitrogens with two attached hydrogens (primary N) is 1. The Morgan fingerprint density at radius 1 is 1.37 bits per heavy atom. The van der Waals surface area contributed by atoms with Gasteiger partial charge in [0.2, 0.25) is 0 Å². The Kier molecular flexibility index (Phi) is 3.12. The summed E-state index contributed by atoms with van der Waals surface area (Å²) in [5, 5.41) is 1.85. The Labute approximate surface area is 121 Å². The van der Waals surface area contributed by atoms with Gasteiger partial charge in [-0.1, -0.05) is 28.1 Å². The summed E-state index contributed by atoms with van der Waals surface area (Å²) >= 11 is 4.79. The molecule has 0 saturated carbocycles. The highest BCUT2D eigenvalue weighted by atomic mass is 79.9. The average Bonchev–Trinajstić information content (AvgIpc) is 2.84. The fraction of sp³-hybridized carbons (Fsp3) is 0.0769. The van der Waals surface area contributed by atoms with Crippen LogP contribution >= 0.6 is 27.3 Å². The molecular weight excluding hydrogens is 326 g/mol. The zero-order chi connectivity index (χ0) is 13.4. The van der Waals surface area contributed by atoms with Gasteiger partial charge in [0.25, 0.3) is 5.56 Å². The van der Waals surface area contributed by atoms with E-state index in [0.29, 0.717) is 22.5 Å². The molecule has 0 spiro atoms. The van der Waals surface area contributed by atoms with Gasteiger partial charge in [-0.05, 0) is 29.1 Å². The van der Waals surface area contributed by atoms with Crippen LogP contribution in [-0.4, -0.2) is 9.66 Å². The molecule has 3 rings (SSSR count). The van der Waals surface area contributed by atoms with Crippen LogP contribution in [0.3, 0.4) is 0 Å². The fourth-order valence-corrected chi connectivity index (χ4v) is 3.14. The summed E-state index contributed by atoms with van der Waals surface area (Å²) in [5.74, 6) is 6.39. The third-order valence-electron chi connectivity index (χ3n) is 2.84. The minimum absolute atomic E-state index is 0.190. The molecule has 3 aromatic rings. The number of halogens is 1. The number of benzene rings is 1. The van der Waals surface area contributed by atoms with Gasteiger partial charge in [0.15, 0.2) is 0 Å². The van der Waals surface area contributed by atoms with Crippen molar-refractivity contribution < 1.29 is 0 Å². The number of rotatable bonds is 2. The van der Waals surface area contributed by atoms with E-state index in [1.165, 1.54) is 11.3 Å². The average molecular weight is 336 g/mol. The number of hydrogen-bond acceptors (Lipinski definition) is 4. The number of nitrogens with zero attached hydrogens (tertiary/aromatic N) is 2. The molecule has 4 nitrogen and oxygen atoms in total. The molecule has 0 fully saturated rings. The Hall–Kier alpha value is -1.66. The molecule has 0 aliphatic rings. The maximum Gasteiger partial charge on any atom is 0.289 e. The summed E-state index contributed by atoms with van der Waals surface area (Å²) in [6.45, 7) is 0. The topological polar surface area (TPSA) is 60.9 Å². The Bertz CT molecular complexity index is 809. The summed E-state index contributed by atoms with van der Waals surface area (Å²) in [6.07, 6.45) is 0.525. The van der Waals surface area contributed by atoms with E-state index in [2.05, 4.69) is 20.9 Å². The first-order valence-corrected chi connectivity index (χ1v) is 7.31. The van der Waals surface area contributed by atoms with Crippen molar-refractivity contribution in [1.29, 1.82) is 0 Å². The first-order chi connectivity index (χ1) is 9.15. The van der Waals surface area contributed by atoms with Crippen molar-refractivity contribution in [3.63, 3.8) is 0 Å². The molecule has 0 atom stereocenters. The number of thiophene rings is 1. The Balaban J connectivity index is 2.10. The summed E-state index contributed by atoms with van der Waals surface area (Å²) in [7, 11) is 0. The monoisotopic (exact) mass is 335 g/mol. The summed E-state index contributed by atoms with van der Waals surface area (Å²) in [6, 6.07) is 9.71. The van der Waals surface area contributed by atoms with Crippen molar-refractivity contribution in [2.45, 2.75) is 6.42 Å². The van der Waals surface area contributed by atoms with Crippen molar-refractivity contribution in [2.24, 2.45) is 0 Å². The van der Waals surface area contributed by atoms with Gasteiger partial charge in [-0.3, -0.25) is 4.79 Å². The van der Waals surface area contributed by atoms with Gasteiger partial charge < -0.3 is 5.84 Å². The molecule has 0 saturated heterocycles. The van der Waals surface area contributed by atoms with Crippen molar-refractivity contribution in [3.8, 4) is 0 Å². The van der Waals surface area contributed by atoms with Crippen LogP contribution in [0.2, 0.25) is 0 Å². The zero-order valence-corrected chi connectivity index (χ0v) is 12.2. The van der Waals surface area contributed by atoms with Gasteiger partial charge in [-0.25, -0.2) is 9.66 Å². The molecule has 0 radical (unpaired) electrons. The number of nitrogen functional groups attached to an aromatic ring is 1. The largest absolute Gasteiger partial charge is 0.335 e. The first-order valence-electron chi connectivity index (χ1n) is 5.64. The Morgan fingerprint density at radius 3 is 3.00 bits per heavy atom. The first kappa shape index (κ1) is 12.4. The highest BCUT2D eigenvalue weighted by Gasteiger charge is 2.10. The lowest BCUT2D eigenvalue weighted by atomic mass is 10.1. The van der Waals surface area contributed by atoms with Crippen LogP contribution in [0.4, 0.5) is 0 Å². The quantitative estimate of drug-likeness (QED) is 0.732. The van der Waals surface area contributed by atoms with Gasteiger partial charge in [-0.2, -0.15) is 0 Å². The van der Waals surface area contributed by atoms with Crippen LogP contribution in [0.5, 0.6) is 0 Å². The van der Waals surface area contributed by atoms with Crippen LogP contribution in [0.1, 0.15) is 11.4 Å². The van der Waals surface area contributed by atoms with Crippen molar-refractivity contribution in [2.75, 3.05) is 5.84 Å². The second-order valence-electron chi connectivity index (χ2n) is 4.14. The SMILES string of the molecule is Nn1c(Cc2cccc(Br)c2)nc2ccsc2c1=O. The molecule has 0 amide bonds. The third-order valence-corrected chi connectivity index (χ3v) is 4.22. The predicted molar refractivity (Wildman–Crippen MR) is 81.0 cm³/mol.